The zero-order chi connectivity index (χ0) is 16.8. The van der Waals surface area contributed by atoms with E-state index in [1.165, 1.54) is 10.9 Å². The molecule has 3 aromatic rings. The maximum atomic E-state index is 12.3. The monoisotopic (exact) mass is 322 g/mol. The Kier molecular flexibility index (Phi) is 5.01. The van der Waals surface area contributed by atoms with Crippen LogP contribution in [0.15, 0.2) is 65.7 Å². The minimum absolute atomic E-state index is 0.141. The molecule has 5 nitrogen and oxygen atoms in total. The molecule has 0 aliphatic heterocycles. The van der Waals surface area contributed by atoms with E-state index >= 15 is 0 Å². The number of ether oxygens (including phenoxy) is 1. The SMILES string of the molecule is O=C(CCn1cnc2ccccc2c1=O)OCCc1ccccc1. The van der Waals surface area contributed by atoms with Crippen LogP contribution in [0.1, 0.15) is 12.0 Å². The summed E-state index contributed by atoms with van der Waals surface area (Å²) in [7, 11) is 0. The third-order valence-electron chi connectivity index (χ3n) is 3.78. The molecular weight excluding hydrogens is 304 g/mol. The van der Waals surface area contributed by atoms with Gasteiger partial charge in [-0.2, -0.15) is 0 Å². The lowest BCUT2D eigenvalue weighted by Gasteiger charge is -2.07. The fourth-order valence-corrected chi connectivity index (χ4v) is 2.48. The van der Waals surface area contributed by atoms with Gasteiger partial charge in [0.05, 0.1) is 30.3 Å². The number of hydrogen-bond donors (Lipinski definition) is 0. The second kappa shape index (κ2) is 7.55. The fourth-order valence-electron chi connectivity index (χ4n) is 2.48. The Morgan fingerprint density at radius 2 is 1.79 bits per heavy atom. The summed E-state index contributed by atoms with van der Waals surface area (Å²) in [6, 6.07) is 17.0. The first-order chi connectivity index (χ1) is 11.7. The normalized spacial score (nSPS) is 10.7. The highest BCUT2D eigenvalue weighted by Crippen LogP contribution is 2.05. The van der Waals surface area contributed by atoms with Gasteiger partial charge in [-0.3, -0.25) is 14.2 Å². The number of hydrogen-bond acceptors (Lipinski definition) is 4. The number of nitrogens with zero attached hydrogens (tertiary/aromatic N) is 2. The molecule has 0 amide bonds. The van der Waals surface area contributed by atoms with E-state index < -0.39 is 0 Å². The number of esters is 1. The highest BCUT2D eigenvalue weighted by molar-refractivity contribution is 5.77. The van der Waals surface area contributed by atoms with Crippen molar-refractivity contribution in [3.05, 3.63) is 76.8 Å². The van der Waals surface area contributed by atoms with Crippen LogP contribution in [0, 0.1) is 0 Å². The highest BCUT2D eigenvalue weighted by Gasteiger charge is 2.07. The summed E-state index contributed by atoms with van der Waals surface area (Å²) in [6.45, 7) is 0.606. The third-order valence-corrected chi connectivity index (χ3v) is 3.78. The molecule has 0 saturated heterocycles. The average molecular weight is 322 g/mol. The second-order valence-corrected chi connectivity index (χ2v) is 5.47. The molecule has 0 aliphatic carbocycles. The predicted molar refractivity (Wildman–Crippen MR) is 91.7 cm³/mol. The van der Waals surface area contributed by atoms with Crippen LogP contribution in [-0.2, 0) is 22.5 Å². The van der Waals surface area contributed by atoms with Crippen molar-refractivity contribution >= 4 is 16.9 Å². The van der Waals surface area contributed by atoms with E-state index in [0.29, 0.717) is 23.9 Å². The van der Waals surface area contributed by atoms with Gasteiger partial charge < -0.3 is 4.74 Å². The fraction of sp³-hybridized carbons (Fsp3) is 0.211. The van der Waals surface area contributed by atoms with Crippen LogP contribution in [0.3, 0.4) is 0 Å². The molecule has 0 aliphatic rings. The van der Waals surface area contributed by atoms with Crippen LogP contribution in [0.25, 0.3) is 10.9 Å². The van der Waals surface area contributed by atoms with Gasteiger partial charge in [0.25, 0.3) is 5.56 Å². The van der Waals surface area contributed by atoms with Gasteiger partial charge in [-0.25, -0.2) is 4.98 Å². The number of carbonyl (C=O) groups is 1. The Morgan fingerprint density at radius 3 is 2.62 bits per heavy atom. The summed E-state index contributed by atoms with van der Waals surface area (Å²) < 4.78 is 6.67. The first-order valence-electron chi connectivity index (χ1n) is 7.88. The van der Waals surface area contributed by atoms with Gasteiger partial charge >= 0.3 is 5.97 Å². The number of benzene rings is 2. The molecule has 0 radical (unpaired) electrons. The Bertz CT molecular complexity index is 888. The summed E-state index contributed by atoms with van der Waals surface area (Å²) in [5.41, 5.74) is 1.64. The lowest BCUT2D eigenvalue weighted by molar-refractivity contribution is -0.143. The molecule has 122 valence electrons. The van der Waals surface area contributed by atoms with Crippen molar-refractivity contribution in [2.75, 3.05) is 6.61 Å². The van der Waals surface area contributed by atoms with E-state index in [-0.39, 0.29) is 24.5 Å². The largest absolute Gasteiger partial charge is 0.465 e. The van der Waals surface area contributed by atoms with Crippen molar-refractivity contribution in [2.45, 2.75) is 19.4 Å². The summed E-state index contributed by atoms with van der Waals surface area (Å²) in [5.74, 6) is -0.314. The first-order valence-corrected chi connectivity index (χ1v) is 7.88. The van der Waals surface area contributed by atoms with Crippen LogP contribution < -0.4 is 5.56 Å². The molecule has 0 fully saturated rings. The van der Waals surface area contributed by atoms with Crippen molar-refractivity contribution in [3.8, 4) is 0 Å². The maximum Gasteiger partial charge on any atom is 0.307 e. The van der Waals surface area contributed by atoms with E-state index in [2.05, 4.69) is 4.98 Å². The van der Waals surface area contributed by atoms with Crippen molar-refractivity contribution in [1.29, 1.82) is 0 Å². The van der Waals surface area contributed by atoms with Gasteiger partial charge in [0.1, 0.15) is 0 Å². The van der Waals surface area contributed by atoms with E-state index in [9.17, 15) is 9.59 Å². The van der Waals surface area contributed by atoms with E-state index in [0.717, 1.165) is 5.56 Å². The number of para-hydroxylation sites is 1. The topological polar surface area (TPSA) is 61.2 Å². The standard InChI is InChI=1S/C19H18N2O3/c22-18(24-13-11-15-6-2-1-3-7-15)10-12-21-14-20-17-9-5-4-8-16(17)19(21)23/h1-9,14H,10-13H2. The van der Waals surface area contributed by atoms with Gasteiger partial charge in [-0.1, -0.05) is 42.5 Å². The van der Waals surface area contributed by atoms with E-state index in [1.54, 1.807) is 18.2 Å². The minimum atomic E-state index is -0.314. The average Bonchev–Trinajstić information content (AvgIpc) is 2.62. The molecule has 1 aromatic heterocycles. The molecular formula is C19H18N2O3. The third kappa shape index (κ3) is 3.87. The van der Waals surface area contributed by atoms with Crippen molar-refractivity contribution in [1.82, 2.24) is 9.55 Å². The van der Waals surface area contributed by atoms with Gasteiger partial charge in [0.15, 0.2) is 0 Å². The zero-order valence-corrected chi connectivity index (χ0v) is 13.2. The van der Waals surface area contributed by atoms with Crippen LogP contribution in [-0.4, -0.2) is 22.1 Å². The smallest absolute Gasteiger partial charge is 0.307 e. The van der Waals surface area contributed by atoms with Gasteiger partial charge in [-0.05, 0) is 17.7 Å². The Morgan fingerprint density at radius 1 is 1.04 bits per heavy atom. The molecule has 0 spiro atoms. The minimum Gasteiger partial charge on any atom is -0.465 e. The summed E-state index contributed by atoms with van der Waals surface area (Å²) in [5, 5.41) is 0.553. The molecule has 0 atom stereocenters. The number of aryl methyl sites for hydroxylation is 1. The molecule has 1 heterocycles. The number of fused-ring (bicyclic) bond motifs is 1. The summed E-state index contributed by atoms with van der Waals surface area (Å²) >= 11 is 0. The maximum absolute atomic E-state index is 12.3. The molecule has 2 aromatic carbocycles. The van der Waals surface area contributed by atoms with E-state index in [1.807, 2.05) is 36.4 Å². The molecule has 0 N–H and O–H groups in total. The quantitative estimate of drug-likeness (QED) is 0.654. The van der Waals surface area contributed by atoms with Crippen LogP contribution in [0.4, 0.5) is 0 Å². The van der Waals surface area contributed by atoms with E-state index in [4.69, 9.17) is 4.74 Å². The lowest BCUT2D eigenvalue weighted by Crippen LogP contribution is -2.22. The van der Waals surface area contributed by atoms with Crippen molar-refractivity contribution in [3.63, 3.8) is 0 Å². The number of rotatable bonds is 6. The molecule has 0 saturated carbocycles. The second-order valence-electron chi connectivity index (χ2n) is 5.47. The highest BCUT2D eigenvalue weighted by atomic mass is 16.5. The molecule has 0 bridgehead atoms. The Hall–Kier alpha value is -2.95. The molecule has 5 heteroatoms. The molecule has 3 rings (SSSR count). The van der Waals surface area contributed by atoms with Gasteiger partial charge in [-0.15, -0.1) is 0 Å². The van der Waals surface area contributed by atoms with Crippen LogP contribution in [0.5, 0.6) is 0 Å². The predicted octanol–water partition coefficient (Wildman–Crippen LogP) is 2.57. The van der Waals surface area contributed by atoms with Crippen LogP contribution >= 0.6 is 0 Å². The van der Waals surface area contributed by atoms with Crippen molar-refractivity contribution < 1.29 is 9.53 Å². The number of aromatic nitrogens is 2. The Labute approximate surface area is 139 Å². The first kappa shape index (κ1) is 15.9. The van der Waals surface area contributed by atoms with Gasteiger partial charge in [0, 0.05) is 13.0 Å². The van der Waals surface area contributed by atoms with Crippen molar-refractivity contribution in [2.24, 2.45) is 0 Å². The lowest BCUT2D eigenvalue weighted by atomic mass is 10.2. The number of carbonyl (C=O) groups excluding carboxylic acids is 1. The Balaban J connectivity index is 1.53. The molecule has 24 heavy (non-hydrogen) atoms. The zero-order valence-electron chi connectivity index (χ0n) is 13.2. The summed E-state index contributed by atoms with van der Waals surface area (Å²) in [6.07, 6.45) is 2.31. The van der Waals surface area contributed by atoms with Crippen LogP contribution in [0.2, 0.25) is 0 Å². The van der Waals surface area contributed by atoms with Gasteiger partial charge in [0.2, 0.25) is 0 Å². The summed E-state index contributed by atoms with van der Waals surface area (Å²) in [4.78, 5) is 28.4. The molecule has 0 unspecified atom stereocenters.